The fourth-order valence-corrected chi connectivity index (χ4v) is 3.34. The summed E-state index contributed by atoms with van der Waals surface area (Å²) in [6, 6.07) is 8.47. The van der Waals surface area contributed by atoms with Crippen LogP contribution in [-0.4, -0.2) is 54.2 Å². The minimum Gasteiger partial charge on any atom is -0.492 e. The third-order valence-electron chi connectivity index (χ3n) is 5.08. The third-order valence-corrected chi connectivity index (χ3v) is 5.08. The van der Waals surface area contributed by atoms with E-state index in [0.29, 0.717) is 5.92 Å². The second-order valence-electron chi connectivity index (χ2n) is 7.83. The lowest BCUT2D eigenvalue weighted by molar-refractivity contribution is 0.199. The molecule has 1 aliphatic heterocycles. The number of benzene rings is 1. The van der Waals surface area contributed by atoms with Gasteiger partial charge in [0.05, 0.1) is 0 Å². The van der Waals surface area contributed by atoms with Crippen LogP contribution in [0.5, 0.6) is 5.75 Å². The Balaban J connectivity index is 1.50. The molecule has 2 heterocycles. The SMILES string of the molecule is Cc1ccc(C)c(OCCN2CCN(c3cc(C)nc(C(C)C)n3)CC2)c1. The predicted octanol–water partition coefficient (Wildman–Crippen LogP) is 3.73. The molecule has 0 spiro atoms. The average molecular weight is 369 g/mol. The van der Waals surface area contributed by atoms with E-state index < -0.39 is 0 Å². The minimum absolute atomic E-state index is 0.354. The maximum absolute atomic E-state index is 6.01. The van der Waals surface area contributed by atoms with Crippen LogP contribution >= 0.6 is 0 Å². The topological polar surface area (TPSA) is 41.5 Å². The molecule has 0 atom stereocenters. The van der Waals surface area contributed by atoms with Crippen LogP contribution in [0.15, 0.2) is 24.3 Å². The minimum atomic E-state index is 0.354. The Labute approximate surface area is 163 Å². The third kappa shape index (κ3) is 5.19. The maximum atomic E-state index is 6.01. The first-order valence-electron chi connectivity index (χ1n) is 9.95. The molecule has 1 aromatic heterocycles. The van der Waals surface area contributed by atoms with Crippen molar-refractivity contribution in [2.45, 2.75) is 40.5 Å². The van der Waals surface area contributed by atoms with Crippen LogP contribution in [0.3, 0.4) is 0 Å². The van der Waals surface area contributed by atoms with Gasteiger partial charge in [0.15, 0.2) is 0 Å². The largest absolute Gasteiger partial charge is 0.492 e. The van der Waals surface area contributed by atoms with Crippen molar-refractivity contribution < 1.29 is 4.74 Å². The molecule has 2 aromatic rings. The van der Waals surface area contributed by atoms with Gasteiger partial charge in [0.2, 0.25) is 0 Å². The molecule has 0 amide bonds. The molecular weight excluding hydrogens is 336 g/mol. The van der Waals surface area contributed by atoms with E-state index in [1.54, 1.807) is 0 Å². The van der Waals surface area contributed by atoms with E-state index >= 15 is 0 Å². The zero-order valence-electron chi connectivity index (χ0n) is 17.3. The van der Waals surface area contributed by atoms with E-state index in [2.05, 4.69) is 73.7 Å². The number of aryl methyl sites for hydroxylation is 3. The fourth-order valence-electron chi connectivity index (χ4n) is 3.34. The van der Waals surface area contributed by atoms with Crippen molar-refractivity contribution in [2.75, 3.05) is 44.2 Å². The number of piperazine rings is 1. The van der Waals surface area contributed by atoms with E-state index in [4.69, 9.17) is 9.72 Å². The van der Waals surface area contributed by atoms with Gasteiger partial charge in [0.1, 0.15) is 24.0 Å². The highest BCUT2D eigenvalue weighted by molar-refractivity contribution is 5.40. The first kappa shape index (κ1) is 19.6. The maximum Gasteiger partial charge on any atom is 0.133 e. The molecular formula is C22H32N4O. The average Bonchev–Trinajstić information content (AvgIpc) is 2.64. The van der Waals surface area contributed by atoms with Crippen molar-refractivity contribution in [3.8, 4) is 5.75 Å². The van der Waals surface area contributed by atoms with Gasteiger partial charge in [-0.25, -0.2) is 9.97 Å². The Morgan fingerprint density at radius 3 is 2.44 bits per heavy atom. The Morgan fingerprint density at radius 2 is 1.74 bits per heavy atom. The van der Waals surface area contributed by atoms with Crippen LogP contribution in [-0.2, 0) is 0 Å². The van der Waals surface area contributed by atoms with E-state index in [1.807, 2.05) is 0 Å². The highest BCUT2D eigenvalue weighted by atomic mass is 16.5. The Kier molecular flexibility index (Phi) is 6.32. The summed E-state index contributed by atoms with van der Waals surface area (Å²) in [5, 5.41) is 0. The van der Waals surface area contributed by atoms with Crippen LogP contribution in [0.1, 0.15) is 42.4 Å². The van der Waals surface area contributed by atoms with E-state index in [9.17, 15) is 0 Å². The van der Waals surface area contributed by atoms with E-state index in [-0.39, 0.29) is 0 Å². The van der Waals surface area contributed by atoms with Crippen molar-refractivity contribution in [1.82, 2.24) is 14.9 Å². The molecule has 1 fully saturated rings. The van der Waals surface area contributed by atoms with Gasteiger partial charge >= 0.3 is 0 Å². The Hall–Kier alpha value is -2.14. The number of rotatable bonds is 6. The molecule has 5 heteroatoms. The van der Waals surface area contributed by atoms with Gasteiger partial charge in [0, 0.05) is 50.4 Å². The lowest BCUT2D eigenvalue weighted by Gasteiger charge is -2.35. The van der Waals surface area contributed by atoms with Gasteiger partial charge in [-0.05, 0) is 38.0 Å². The molecule has 0 radical (unpaired) electrons. The molecule has 0 unspecified atom stereocenters. The van der Waals surface area contributed by atoms with Crippen LogP contribution in [0, 0.1) is 20.8 Å². The highest BCUT2D eigenvalue weighted by Crippen LogP contribution is 2.20. The quantitative estimate of drug-likeness (QED) is 0.777. The lowest BCUT2D eigenvalue weighted by Crippen LogP contribution is -2.47. The smallest absolute Gasteiger partial charge is 0.133 e. The standard InChI is InChI=1S/C22H32N4O/c1-16(2)22-23-19(5)15-21(24-22)26-10-8-25(9-11-26)12-13-27-20-14-17(3)6-7-18(20)4/h6-7,14-16H,8-13H2,1-5H3. The number of anilines is 1. The second-order valence-corrected chi connectivity index (χ2v) is 7.83. The van der Waals surface area contributed by atoms with Gasteiger partial charge in [-0.1, -0.05) is 26.0 Å². The highest BCUT2D eigenvalue weighted by Gasteiger charge is 2.19. The summed E-state index contributed by atoms with van der Waals surface area (Å²) in [6.07, 6.45) is 0. The van der Waals surface area contributed by atoms with Crippen LogP contribution < -0.4 is 9.64 Å². The summed E-state index contributed by atoms with van der Waals surface area (Å²) >= 11 is 0. The fraction of sp³-hybridized carbons (Fsp3) is 0.545. The van der Waals surface area contributed by atoms with Crippen molar-refractivity contribution in [1.29, 1.82) is 0 Å². The number of hydrogen-bond donors (Lipinski definition) is 0. The number of hydrogen-bond acceptors (Lipinski definition) is 5. The summed E-state index contributed by atoms with van der Waals surface area (Å²) < 4.78 is 6.01. The van der Waals surface area contributed by atoms with E-state index in [1.165, 1.54) is 11.1 Å². The summed E-state index contributed by atoms with van der Waals surface area (Å²) in [7, 11) is 0. The molecule has 0 bridgehead atoms. The molecule has 27 heavy (non-hydrogen) atoms. The van der Waals surface area contributed by atoms with Gasteiger partial charge < -0.3 is 9.64 Å². The van der Waals surface area contributed by atoms with Crippen LogP contribution in [0.2, 0.25) is 0 Å². The zero-order chi connectivity index (χ0) is 19.4. The molecule has 0 aliphatic carbocycles. The van der Waals surface area contributed by atoms with Crippen molar-refractivity contribution in [3.63, 3.8) is 0 Å². The molecule has 0 N–H and O–H groups in total. The monoisotopic (exact) mass is 368 g/mol. The van der Waals surface area contributed by atoms with Crippen molar-refractivity contribution >= 4 is 5.82 Å². The molecule has 1 aliphatic rings. The number of aromatic nitrogens is 2. The van der Waals surface area contributed by atoms with Crippen molar-refractivity contribution in [3.05, 3.63) is 46.9 Å². The zero-order valence-corrected chi connectivity index (χ0v) is 17.3. The van der Waals surface area contributed by atoms with Crippen LogP contribution in [0.4, 0.5) is 5.82 Å². The summed E-state index contributed by atoms with van der Waals surface area (Å²) in [6.45, 7) is 16.3. The molecule has 5 nitrogen and oxygen atoms in total. The Morgan fingerprint density at radius 1 is 1.00 bits per heavy atom. The summed E-state index contributed by atoms with van der Waals surface area (Å²) in [5.74, 6) is 3.37. The number of ether oxygens (including phenoxy) is 1. The number of nitrogens with zero attached hydrogens (tertiary/aromatic N) is 4. The molecule has 1 aromatic carbocycles. The summed E-state index contributed by atoms with van der Waals surface area (Å²) in [5.41, 5.74) is 3.49. The van der Waals surface area contributed by atoms with Crippen molar-refractivity contribution in [2.24, 2.45) is 0 Å². The molecule has 1 saturated heterocycles. The van der Waals surface area contributed by atoms with Gasteiger partial charge in [-0.3, -0.25) is 4.90 Å². The molecule has 0 saturated carbocycles. The van der Waals surface area contributed by atoms with E-state index in [0.717, 1.165) is 62.4 Å². The first-order chi connectivity index (χ1) is 12.9. The second kappa shape index (κ2) is 8.70. The first-order valence-corrected chi connectivity index (χ1v) is 9.95. The molecule has 3 rings (SSSR count). The van der Waals surface area contributed by atoms with Gasteiger partial charge in [-0.15, -0.1) is 0 Å². The van der Waals surface area contributed by atoms with Gasteiger partial charge in [0.25, 0.3) is 0 Å². The normalized spacial score (nSPS) is 15.4. The Bertz CT molecular complexity index is 767. The van der Waals surface area contributed by atoms with Crippen LogP contribution in [0.25, 0.3) is 0 Å². The summed E-state index contributed by atoms with van der Waals surface area (Å²) in [4.78, 5) is 14.2. The van der Waals surface area contributed by atoms with Gasteiger partial charge in [-0.2, -0.15) is 0 Å². The lowest BCUT2D eigenvalue weighted by atomic mass is 10.1. The predicted molar refractivity (Wildman–Crippen MR) is 111 cm³/mol. The molecule has 146 valence electrons.